The largest absolute Gasteiger partial charge is 0.382 e. The van der Waals surface area contributed by atoms with E-state index in [0.29, 0.717) is 17.7 Å². The van der Waals surface area contributed by atoms with Crippen molar-refractivity contribution in [3.63, 3.8) is 0 Å². The highest BCUT2D eigenvalue weighted by Gasteiger charge is 2.18. The van der Waals surface area contributed by atoms with Crippen molar-refractivity contribution in [3.8, 4) is 0 Å². The molecular weight excluding hydrogens is 275 g/mol. The highest BCUT2D eigenvalue weighted by atomic mass is 31.2. The van der Waals surface area contributed by atoms with E-state index in [9.17, 15) is 9.47 Å². The van der Waals surface area contributed by atoms with Crippen molar-refractivity contribution in [1.82, 2.24) is 19.5 Å². The molecule has 0 saturated heterocycles. The summed E-state index contributed by atoms with van der Waals surface area (Å²) in [7, 11) is -4.06. The van der Waals surface area contributed by atoms with E-state index < -0.39 is 13.9 Å². The first-order valence-electron chi connectivity index (χ1n) is 5.19. The summed E-state index contributed by atoms with van der Waals surface area (Å²) in [5, 5.41) is 0. The predicted octanol–water partition coefficient (Wildman–Crippen LogP) is 0.334. The topological polar surface area (TPSA) is 146 Å². The van der Waals surface area contributed by atoms with Gasteiger partial charge in [0.2, 0.25) is 0 Å². The van der Waals surface area contributed by atoms with Crippen molar-refractivity contribution in [2.75, 3.05) is 18.7 Å². The number of rotatable bonds is 6. The molecule has 0 aromatic carbocycles. The third-order valence-corrected chi connectivity index (χ3v) is 3.07. The lowest BCUT2D eigenvalue weighted by molar-refractivity contribution is 0.160. The molecule has 0 aliphatic carbocycles. The molecular formula is C8H11N6O4P. The van der Waals surface area contributed by atoms with E-state index in [2.05, 4.69) is 19.9 Å². The Morgan fingerprint density at radius 2 is 2.26 bits per heavy atom. The quantitative estimate of drug-likeness (QED) is 0.439. The number of nitroso groups, excluding NO2 is 1. The summed E-state index contributed by atoms with van der Waals surface area (Å²) < 4.78 is 17.5. The first kappa shape index (κ1) is 13.5. The molecule has 3 N–H and O–H groups in total. The summed E-state index contributed by atoms with van der Waals surface area (Å²) in [6.45, 7) is 0.446. The number of hydrogen-bond donors (Lipinski definition) is 2. The Morgan fingerprint density at radius 1 is 1.47 bits per heavy atom. The molecule has 11 heteroatoms. The van der Waals surface area contributed by atoms with Gasteiger partial charge in [0, 0.05) is 11.5 Å². The summed E-state index contributed by atoms with van der Waals surface area (Å²) in [4.78, 5) is 32.8. The first-order chi connectivity index (χ1) is 9.03. The Labute approximate surface area is 107 Å². The van der Waals surface area contributed by atoms with Crippen LogP contribution < -0.4 is 5.73 Å². The molecule has 19 heavy (non-hydrogen) atoms. The van der Waals surface area contributed by atoms with Gasteiger partial charge >= 0.3 is 7.52 Å². The van der Waals surface area contributed by atoms with Crippen LogP contribution in [0.5, 0.6) is 0 Å². The van der Waals surface area contributed by atoms with Crippen LogP contribution in [-0.2, 0) is 15.8 Å². The SMILES string of the molecule is Nc1ncnc2c1ncn2CCOCP(=O)(O)N=O. The Balaban J connectivity index is 1.97. The normalized spacial score (nSPS) is 14.4. The molecule has 102 valence electrons. The Morgan fingerprint density at radius 3 is 3.00 bits per heavy atom. The van der Waals surface area contributed by atoms with Gasteiger partial charge in [-0.15, -0.1) is 4.91 Å². The number of nitrogen functional groups attached to an aromatic ring is 1. The van der Waals surface area contributed by atoms with Crippen molar-refractivity contribution in [3.05, 3.63) is 17.6 Å². The van der Waals surface area contributed by atoms with Gasteiger partial charge in [0.05, 0.1) is 12.9 Å². The van der Waals surface area contributed by atoms with E-state index in [4.69, 9.17) is 15.4 Å². The van der Waals surface area contributed by atoms with Gasteiger partial charge in [-0.1, -0.05) is 0 Å². The Kier molecular flexibility index (Phi) is 3.84. The maximum absolute atomic E-state index is 10.9. The molecule has 0 amide bonds. The van der Waals surface area contributed by atoms with E-state index in [0.717, 1.165) is 0 Å². The maximum Gasteiger partial charge on any atom is 0.374 e. The first-order valence-corrected chi connectivity index (χ1v) is 6.99. The fourth-order valence-electron chi connectivity index (χ4n) is 1.43. The number of fused-ring (bicyclic) bond motifs is 1. The fourth-order valence-corrected chi connectivity index (χ4v) is 1.85. The molecule has 2 aromatic rings. The molecule has 0 spiro atoms. The average Bonchev–Trinajstić information content (AvgIpc) is 2.80. The second kappa shape index (κ2) is 5.39. The van der Waals surface area contributed by atoms with Crippen molar-refractivity contribution in [2.45, 2.75) is 6.54 Å². The average molecular weight is 286 g/mol. The van der Waals surface area contributed by atoms with E-state index >= 15 is 0 Å². The number of anilines is 1. The number of nitrogens with two attached hydrogens (primary N) is 1. The molecule has 0 bridgehead atoms. The number of imidazole rings is 1. The van der Waals surface area contributed by atoms with Crippen LogP contribution in [0.15, 0.2) is 17.6 Å². The molecule has 0 aliphatic heterocycles. The zero-order valence-electron chi connectivity index (χ0n) is 9.71. The van der Waals surface area contributed by atoms with Gasteiger partial charge in [-0.2, -0.15) is 0 Å². The van der Waals surface area contributed by atoms with Crippen LogP contribution in [0.25, 0.3) is 11.2 Å². The van der Waals surface area contributed by atoms with Crippen molar-refractivity contribution >= 4 is 24.5 Å². The predicted molar refractivity (Wildman–Crippen MR) is 66.2 cm³/mol. The minimum Gasteiger partial charge on any atom is -0.382 e. The zero-order chi connectivity index (χ0) is 13.9. The monoisotopic (exact) mass is 286 g/mol. The minimum atomic E-state index is -4.06. The van der Waals surface area contributed by atoms with E-state index in [1.807, 2.05) is 0 Å². The highest BCUT2D eigenvalue weighted by molar-refractivity contribution is 7.56. The van der Waals surface area contributed by atoms with E-state index in [1.165, 1.54) is 12.7 Å². The van der Waals surface area contributed by atoms with Gasteiger partial charge in [0.1, 0.15) is 18.2 Å². The molecule has 2 rings (SSSR count). The standard InChI is InChI=1S/C8H11N6O4P/c9-7-6-8(11-3-10-7)14(4-12-6)1-2-18-5-19(16,17)13-15/h3-4H,1-2,5H2,(H,16,17)(H2,9,10,11). The lowest BCUT2D eigenvalue weighted by Crippen LogP contribution is -2.06. The molecule has 10 nitrogen and oxygen atoms in total. The number of aromatic nitrogens is 4. The third-order valence-electron chi connectivity index (χ3n) is 2.29. The van der Waals surface area contributed by atoms with Crippen molar-refractivity contribution in [2.24, 2.45) is 4.95 Å². The molecule has 2 heterocycles. The third kappa shape index (κ3) is 3.11. The van der Waals surface area contributed by atoms with Crippen molar-refractivity contribution in [1.29, 1.82) is 0 Å². The van der Waals surface area contributed by atoms with Crippen LogP contribution in [0, 0.1) is 4.91 Å². The van der Waals surface area contributed by atoms with E-state index in [-0.39, 0.29) is 12.4 Å². The molecule has 0 radical (unpaired) electrons. The summed E-state index contributed by atoms with van der Waals surface area (Å²) in [6, 6.07) is 0. The number of ether oxygens (including phenoxy) is 1. The lowest BCUT2D eigenvalue weighted by atomic mass is 10.5. The van der Waals surface area contributed by atoms with Gasteiger partial charge < -0.3 is 19.9 Å². The van der Waals surface area contributed by atoms with Crippen LogP contribution in [0.1, 0.15) is 0 Å². The van der Waals surface area contributed by atoms with Gasteiger partial charge in [0.25, 0.3) is 0 Å². The smallest absolute Gasteiger partial charge is 0.374 e. The Hall–Kier alpha value is -1.90. The summed E-state index contributed by atoms with van der Waals surface area (Å²) in [6.07, 6.45) is 2.21. The number of nitrogens with zero attached hydrogens (tertiary/aromatic N) is 5. The molecule has 0 saturated carbocycles. The van der Waals surface area contributed by atoms with Crippen molar-refractivity contribution < 1.29 is 14.2 Å². The summed E-state index contributed by atoms with van der Waals surface area (Å²) >= 11 is 0. The summed E-state index contributed by atoms with van der Waals surface area (Å²) in [5.41, 5.74) is 6.64. The second-order valence-corrected chi connectivity index (χ2v) is 5.40. The van der Waals surface area contributed by atoms with Gasteiger partial charge in [-0.25, -0.2) is 15.0 Å². The van der Waals surface area contributed by atoms with Gasteiger partial charge in [-0.3, -0.25) is 4.57 Å². The van der Waals surface area contributed by atoms with Crippen LogP contribution in [0.4, 0.5) is 5.82 Å². The molecule has 0 aliphatic rings. The number of hydrogen-bond acceptors (Lipinski definition) is 7. The van der Waals surface area contributed by atoms with Gasteiger partial charge in [-0.05, 0) is 0 Å². The van der Waals surface area contributed by atoms with Crippen LogP contribution in [0.2, 0.25) is 0 Å². The van der Waals surface area contributed by atoms with Gasteiger partial charge in [0.15, 0.2) is 11.5 Å². The van der Waals surface area contributed by atoms with Crippen LogP contribution in [-0.4, -0.2) is 37.4 Å². The zero-order valence-corrected chi connectivity index (χ0v) is 10.6. The molecule has 2 aromatic heterocycles. The molecule has 1 unspecified atom stereocenters. The van der Waals surface area contributed by atoms with E-state index in [1.54, 1.807) is 4.57 Å². The Bertz CT molecular complexity index is 643. The fraction of sp³-hybridized carbons (Fsp3) is 0.375. The maximum atomic E-state index is 10.9. The highest BCUT2D eigenvalue weighted by Crippen LogP contribution is 2.41. The molecule has 0 fully saturated rings. The lowest BCUT2D eigenvalue weighted by Gasteiger charge is -2.06. The van der Waals surface area contributed by atoms with Crippen LogP contribution >= 0.6 is 7.52 Å². The van der Waals surface area contributed by atoms with Crippen LogP contribution in [0.3, 0.4) is 0 Å². The molecule has 1 atom stereocenters. The minimum absolute atomic E-state index is 0.107. The second-order valence-electron chi connectivity index (χ2n) is 3.65. The summed E-state index contributed by atoms with van der Waals surface area (Å²) in [5.74, 6) is 0.273.